The van der Waals surface area contributed by atoms with Crippen molar-refractivity contribution in [2.45, 2.75) is 85.5 Å². The van der Waals surface area contributed by atoms with Crippen LogP contribution in [0.4, 0.5) is 5.82 Å². The lowest BCUT2D eigenvalue weighted by Gasteiger charge is -2.25. The fraction of sp³-hybridized carbons (Fsp3) is 0.607. The molecule has 6 nitrogen and oxygen atoms in total. The number of aromatic nitrogens is 2. The van der Waals surface area contributed by atoms with Crippen LogP contribution in [0.25, 0.3) is 5.69 Å². The zero-order valence-electron chi connectivity index (χ0n) is 21.9. The Morgan fingerprint density at radius 3 is 2.50 bits per heavy atom. The number of nitrogens with zero attached hydrogens (tertiary/aromatic N) is 3. The van der Waals surface area contributed by atoms with Crippen LogP contribution < -0.4 is 5.32 Å². The maximum absolute atomic E-state index is 13.1. The summed E-state index contributed by atoms with van der Waals surface area (Å²) in [6.45, 7) is 13.2. The predicted molar refractivity (Wildman–Crippen MR) is 138 cm³/mol. The van der Waals surface area contributed by atoms with Crippen molar-refractivity contribution in [3.05, 3.63) is 41.6 Å². The Kier molecular flexibility index (Phi) is 8.56. The Bertz CT molecular complexity index is 981. The zero-order valence-corrected chi connectivity index (χ0v) is 21.9. The molecule has 3 rings (SSSR count). The summed E-state index contributed by atoms with van der Waals surface area (Å²) in [5, 5.41) is 7.85. The lowest BCUT2D eigenvalue weighted by atomic mass is 9.92. The van der Waals surface area contributed by atoms with Crippen LogP contribution in [0.5, 0.6) is 0 Å². The van der Waals surface area contributed by atoms with Crippen LogP contribution in [0.3, 0.4) is 0 Å². The molecule has 1 N–H and O–H groups in total. The van der Waals surface area contributed by atoms with E-state index in [0.717, 1.165) is 23.4 Å². The predicted octanol–water partition coefficient (Wildman–Crippen LogP) is 5.87. The van der Waals surface area contributed by atoms with Crippen LogP contribution >= 0.6 is 0 Å². The lowest BCUT2D eigenvalue weighted by Crippen LogP contribution is -2.40. The molecular weight excluding hydrogens is 424 g/mol. The number of aryl methyl sites for hydroxylation is 1. The van der Waals surface area contributed by atoms with Gasteiger partial charge in [0.15, 0.2) is 0 Å². The quantitative estimate of drug-likeness (QED) is 0.502. The van der Waals surface area contributed by atoms with Gasteiger partial charge >= 0.3 is 0 Å². The fourth-order valence-electron chi connectivity index (χ4n) is 4.63. The minimum absolute atomic E-state index is 0.0610. The molecule has 186 valence electrons. The van der Waals surface area contributed by atoms with Crippen molar-refractivity contribution in [3.63, 3.8) is 0 Å². The average molecular weight is 467 g/mol. The molecule has 0 atom stereocenters. The molecule has 2 amide bonds. The third kappa shape index (κ3) is 7.18. The molecule has 0 aliphatic heterocycles. The molecule has 1 aliphatic rings. The molecule has 2 aromatic rings. The summed E-state index contributed by atoms with van der Waals surface area (Å²) in [4.78, 5) is 27.9. The van der Waals surface area contributed by atoms with Crippen molar-refractivity contribution in [3.8, 4) is 5.69 Å². The van der Waals surface area contributed by atoms with Gasteiger partial charge in [0.05, 0.1) is 17.9 Å². The van der Waals surface area contributed by atoms with E-state index >= 15 is 0 Å². The first-order valence-electron chi connectivity index (χ1n) is 12.8. The normalized spacial score (nSPS) is 14.6. The molecule has 0 unspecified atom stereocenters. The Labute approximate surface area is 205 Å². The number of benzene rings is 1. The van der Waals surface area contributed by atoms with Gasteiger partial charge in [-0.25, -0.2) is 4.68 Å². The second-order valence-electron chi connectivity index (χ2n) is 11.3. The van der Waals surface area contributed by atoms with E-state index in [2.05, 4.69) is 39.9 Å². The molecule has 0 spiro atoms. The maximum atomic E-state index is 13.1. The van der Waals surface area contributed by atoms with Gasteiger partial charge in [0, 0.05) is 24.4 Å². The standard InChI is InChI=1S/C28H42N4O2/c1-20(2)18-31(27(34)15-14-22-11-7-8-12-22)19-26(33)29-25-17-24(28(4,5)6)30-32(25)23-13-9-10-21(3)16-23/h9-10,13,16-17,20,22H,7-8,11-12,14-15,18-19H2,1-6H3,(H,29,33). The van der Waals surface area contributed by atoms with Crippen molar-refractivity contribution in [1.29, 1.82) is 0 Å². The van der Waals surface area contributed by atoms with Gasteiger partial charge < -0.3 is 10.2 Å². The monoisotopic (exact) mass is 466 g/mol. The van der Waals surface area contributed by atoms with Gasteiger partial charge in [-0.05, 0) is 42.9 Å². The number of amides is 2. The number of hydrogen-bond acceptors (Lipinski definition) is 3. The van der Waals surface area contributed by atoms with E-state index in [4.69, 9.17) is 5.10 Å². The van der Waals surface area contributed by atoms with Crippen LogP contribution in [0.15, 0.2) is 30.3 Å². The van der Waals surface area contributed by atoms with Gasteiger partial charge in [0.1, 0.15) is 5.82 Å². The first kappa shape index (κ1) is 26.0. The van der Waals surface area contributed by atoms with Gasteiger partial charge in [-0.1, -0.05) is 72.4 Å². The Morgan fingerprint density at radius 2 is 1.88 bits per heavy atom. The first-order valence-corrected chi connectivity index (χ1v) is 12.8. The molecule has 1 aromatic carbocycles. The van der Waals surface area contributed by atoms with Gasteiger partial charge in [-0.2, -0.15) is 5.10 Å². The first-order chi connectivity index (χ1) is 16.0. The number of anilines is 1. The molecule has 1 aromatic heterocycles. The van der Waals surface area contributed by atoms with Gasteiger partial charge in [0.2, 0.25) is 11.8 Å². The smallest absolute Gasteiger partial charge is 0.245 e. The van der Waals surface area contributed by atoms with Crippen molar-refractivity contribution in [1.82, 2.24) is 14.7 Å². The van der Waals surface area contributed by atoms with Crippen molar-refractivity contribution in [2.75, 3.05) is 18.4 Å². The number of hydrogen-bond donors (Lipinski definition) is 1. The van der Waals surface area contributed by atoms with E-state index in [0.29, 0.717) is 30.6 Å². The Balaban J connectivity index is 1.75. The summed E-state index contributed by atoms with van der Waals surface area (Å²) < 4.78 is 1.79. The lowest BCUT2D eigenvalue weighted by molar-refractivity contribution is -0.135. The molecular formula is C28H42N4O2. The molecule has 1 saturated carbocycles. The topological polar surface area (TPSA) is 67.2 Å². The van der Waals surface area contributed by atoms with E-state index in [-0.39, 0.29) is 23.8 Å². The average Bonchev–Trinajstić information content (AvgIpc) is 3.41. The van der Waals surface area contributed by atoms with Crippen molar-refractivity contribution in [2.24, 2.45) is 11.8 Å². The minimum atomic E-state index is -0.191. The molecule has 6 heteroatoms. The maximum Gasteiger partial charge on any atom is 0.245 e. The van der Waals surface area contributed by atoms with Crippen LogP contribution in [0.1, 0.15) is 84.4 Å². The summed E-state index contributed by atoms with van der Waals surface area (Å²) in [6, 6.07) is 10.0. The summed E-state index contributed by atoms with van der Waals surface area (Å²) in [7, 11) is 0. The molecule has 1 heterocycles. The van der Waals surface area contributed by atoms with E-state index in [9.17, 15) is 9.59 Å². The van der Waals surface area contributed by atoms with Crippen molar-refractivity contribution < 1.29 is 9.59 Å². The van der Waals surface area contributed by atoms with E-state index in [1.807, 2.05) is 37.3 Å². The highest BCUT2D eigenvalue weighted by atomic mass is 16.2. The van der Waals surface area contributed by atoms with Crippen LogP contribution in [0.2, 0.25) is 0 Å². The molecule has 0 bridgehead atoms. The highest BCUT2D eigenvalue weighted by molar-refractivity contribution is 5.94. The minimum Gasteiger partial charge on any atom is -0.333 e. The number of rotatable bonds is 9. The van der Waals surface area contributed by atoms with Gasteiger partial charge in [0.25, 0.3) is 0 Å². The van der Waals surface area contributed by atoms with E-state index in [1.54, 1.807) is 9.58 Å². The van der Waals surface area contributed by atoms with Gasteiger partial charge in [-0.15, -0.1) is 0 Å². The number of nitrogens with one attached hydrogen (secondary N) is 1. The highest BCUT2D eigenvalue weighted by Gasteiger charge is 2.24. The molecule has 1 fully saturated rings. The third-order valence-electron chi connectivity index (χ3n) is 6.51. The SMILES string of the molecule is Cc1cccc(-n2nc(C(C)(C)C)cc2NC(=O)CN(CC(C)C)C(=O)CCC2CCCC2)c1. The third-order valence-corrected chi connectivity index (χ3v) is 6.51. The molecule has 34 heavy (non-hydrogen) atoms. The second-order valence-corrected chi connectivity index (χ2v) is 11.3. The van der Waals surface area contributed by atoms with E-state index in [1.165, 1.54) is 25.7 Å². The summed E-state index contributed by atoms with van der Waals surface area (Å²) in [5.41, 5.74) is 2.76. The summed E-state index contributed by atoms with van der Waals surface area (Å²) in [5.74, 6) is 1.48. The Morgan fingerprint density at radius 1 is 1.18 bits per heavy atom. The second kappa shape index (κ2) is 11.2. The Hall–Kier alpha value is -2.63. The van der Waals surface area contributed by atoms with Crippen LogP contribution in [0, 0.1) is 18.8 Å². The molecule has 0 saturated heterocycles. The largest absolute Gasteiger partial charge is 0.333 e. The zero-order chi connectivity index (χ0) is 24.9. The molecule has 1 aliphatic carbocycles. The number of carbonyl (C=O) groups excluding carboxylic acids is 2. The fourth-order valence-corrected chi connectivity index (χ4v) is 4.63. The highest BCUT2D eigenvalue weighted by Crippen LogP contribution is 2.29. The summed E-state index contributed by atoms with van der Waals surface area (Å²) in [6.07, 6.45) is 6.49. The van der Waals surface area contributed by atoms with E-state index < -0.39 is 0 Å². The van der Waals surface area contributed by atoms with Gasteiger partial charge in [-0.3, -0.25) is 9.59 Å². The molecule has 0 radical (unpaired) electrons. The number of carbonyl (C=O) groups is 2. The van der Waals surface area contributed by atoms with Crippen molar-refractivity contribution >= 4 is 17.6 Å². The van der Waals surface area contributed by atoms with Crippen LogP contribution in [-0.2, 0) is 15.0 Å². The van der Waals surface area contributed by atoms with Crippen LogP contribution in [-0.4, -0.2) is 39.6 Å². The summed E-state index contributed by atoms with van der Waals surface area (Å²) >= 11 is 0.